The molecule has 26 heavy (non-hydrogen) atoms. The number of hydrogen-bond acceptors (Lipinski definition) is 5. The molecule has 3 saturated heterocycles. The molecule has 3 heterocycles. The van der Waals surface area contributed by atoms with Crippen LogP contribution in [0.5, 0.6) is 0 Å². The third-order valence-corrected chi connectivity index (χ3v) is 6.79. The van der Waals surface area contributed by atoms with Crippen molar-refractivity contribution < 1.29 is 9.53 Å². The number of nitrogens with zero attached hydrogens (tertiary/aromatic N) is 4. The fourth-order valence-corrected chi connectivity index (χ4v) is 4.74. The van der Waals surface area contributed by atoms with Gasteiger partial charge in [0.15, 0.2) is 0 Å². The molecule has 0 aromatic rings. The van der Waals surface area contributed by atoms with Crippen molar-refractivity contribution >= 4 is 5.91 Å². The van der Waals surface area contributed by atoms with Crippen LogP contribution in [-0.2, 0) is 9.53 Å². The normalized spacial score (nSPS) is 29.3. The van der Waals surface area contributed by atoms with Crippen LogP contribution in [0, 0.1) is 0 Å². The number of amides is 1. The smallest absolute Gasteiger partial charge is 0.225 e. The highest BCUT2D eigenvalue weighted by molar-refractivity contribution is 5.77. The van der Waals surface area contributed by atoms with E-state index in [1.807, 2.05) is 0 Å². The van der Waals surface area contributed by atoms with Crippen molar-refractivity contribution in [3.63, 3.8) is 0 Å². The number of piperidine rings is 1. The van der Waals surface area contributed by atoms with Crippen molar-refractivity contribution in [1.29, 1.82) is 0 Å². The van der Waals surface area contributed by atoms with Crippen LogP contribution in [0.4, 0.5) is 0 Å². The molecular weight excluding hydrogens is 328 g/mol. The zero-order chi connectivity index (χ0) is 18.7. The summed E-state index contributed by atoms with van der Waals surface area (Å²) in [6.07, 6.45) is 3.97. The molecule has 0 saturated carbocycles. The maximum Gasteiger partial charge on any atom is 0.225 e. The maximum atomic E-state index is 13.1. The Morgan fingerprint density at radius 1 is 1.12 bits per heavy atom. The number of ether oxygens (including phenoxy) is 1. The average molecular weight is 367 g/mol. The van der Waals surface area contributed by atoms with E-state index in [9.17, 15) is 4.79 Å². The van der Waals surface area contributed by atoms with E-state index in [0.29, 0.717) is 12.5 Å². The fourth-order valence-electron chi connectivity index (χ4n) is 4.74. The third-order valence-electron chi connectivity index (χ3n) is 6.79. The fraction of sp³-hybridized carbons (Fsp3) is 0.950. The summed E-state index contributed by atoms with van der Waals surface area (Å²) in [7, 11) is 4.46. The van der Waals surface area contributed by atoms with E-state index in [2.05, 4.69) is 47.5 Å². The van der Waals surface area contributed by atoms with Gasteiger partial charge in [-0.2, -0.15) is 0 Å². The van der Waals surface area contributed by atoms with Crippen molar-refractivity contribution in [3.8, 4) is 0 Å². The minimum atomic E-state index is 0.0491. The van der Waals surface area contributed by atoms with Crippen LogP contribution in [0.3, 0.4) is 0 Å². The summed E-state index contributed by atoms with van der Waals surface area (Å²) >= 11 is 0. The van der Waals surface area contributed by atoms with Gasteiger partial charge in [-0.15, -0.1) is 0 Å². The highest BCUT2D eigenvalue weighted by Gasteiger charge is 2.41. The number of rotatable bonds is 3. The summed E-state index contributed by atoms with van der Waals surface area (Å²) in [4.78, 5) is 22.6. The molecule has 1 atom stereocenters. The molecule has 150 valence electrons. The molecule has 3 aliphatic heterocycles. The van der Waals surface area contributed by atoms with Crippen molar-refractivity contribution in [2.75, 3.05) is 66.5 Å². The third kappa shape index (κ3) is 4.58. The summed E-state index contributed by atoms with van der Waals surface area (Å²) < 4.78 is 5.92. The van der Waals surface area contributed by atoms with E-state index >= 15 is 0 Å². The predicted molar refractivity (Wildman–Crippen MR) is 104 cm³/mol. The van der Waals surface area contributed by atoms with Crippen molar-refractivity contribution in [3.05, 3.63) is 0 Å². The molecule has 6 heteroatoms. The van der Waals surface area contributed by atoms with E-state index in [-0.39, 0.29) is 17.6 Å². The van der Waals surface area contributed by atoms with Crippen molar-refractivity contribution in [2.24, 2.45) is 0 Å². The van der Waals surface area contributed by atoms with E-state index < -0.39 is 0 Å². The lowest BCUT2D eigenvalue weighted by Crippen LogP contribution is -2.58. The number of hydrogen-bond donors (Lipinski definition) is 0. The van der Waals surface area contributed by atoms with E-state index in [0.717, 1.165) is 71.7 Å². The molecule has 0 aromatic heterocycles. The van der Waals surface area contributed by atoms with Crippen LogP contribution in [0.2, 0.25) is 0 Å². The van der Waals surface area contributed by atoms with Gasteiger partial charge in [-0.3, -0.25) is 14.6 Å². The number of likely N-dealkylation sites (tertiary alicyclic amines) is 1. The summed E-state index contributed by atoms with van der Waals surface area (Å²) in [5.41, 5.74) is 0.163. The lowest BCUT2D eigenvalue weighted by atomic mass is 9.85. The van der Waals surface area contributed by atoms with Crippen LogP contribution in [0.15, 0.2) is 0 Å². The molecule has 0 radical (unpaired) electrons. The average Bonchev–Trinajstić information content (AvgIpc) is 2.78. The van der Waals surface area contributed by atoms with Gasteiger partial charge < -0.3 is 14.5 Å². The Morgan fingerprint density at radius 3 is 2.54 bits per heavy atom. The Kier molecular flexibility index (Phi) is 6.59. The first-order chi connectivity index (χ1) is 12.4. The Labute approximate surface area is 159 Å². The van der Waals surface area contributed by atoms with Gasteiger partial charge in [0.1, 0.15) is 0 Å². The molecule has 0 N–H and O–H groups in total. The molecule has 0 bridgehead atoms. The molecule has 1 amide bonds. The number of carbonyl (C=O) groups is 1. The highest BCUT2D eigenvalue weighted by atomic mass is 16.5. The standard InChI is InChI=1S/C20H38N4O2/c1-17(2)23-12-13-26-18(15-23)14-19(25)24-9-5-8-22(4)20(16-24)6-10-21(3)11-7-20/h17-18H,5-16H2,1-4H3. The highest BCUT2D eigenvalue weighted by Crippen LogP contribution is 2.31. The van der Waals surface area contributed by atoms with Crippen LogP contribution in [-0.4, -0.2) is 110 Å². The molecule has 0 aromatic carbocycles. The molecule has 0 aliphatic carbocycles. The first kappa shape index (κ1) is 20.1. The van der Waals surface area contributed by atoms with E-state index in [1.165, 1.54) is 0 Å². The van der Waals surface area contributed by atoms with Gasteiger partial charge in [0, 0.05) is 44.3 Å². The second kappa shape index (κ2) is 8.55. The first-order valence-corrected chi connectivity index (χ1v) is 10.4. The minimum Gasteiger partial charge on any atom is -0.375 e. The SMILES string of the molecule is CC(C)N1CCOC(CC(=O)N2CCCN(C)C3(CCN(C)CC3)C2)C1. The zero-order valence-corrected chi connectivity index (χ0v) is 17.2. The first-order valence-electron chi connectivity index (χ1n) is 10.4. The van der Waals surface area contributed by atoms with E-state index in [1.54, 1.807) is 0 Å². The summed E-state index contributed by atoms with van der Waals surface area (Å²) in [6.45, 7) is 12.2. The van der Waals surface area contributed by atoms with Crippen LogP contribution >= 0.6 is 0 Å². The van der Waals surface area contributed by atoms with Gasteiger partial charge in [0.25, 0.3) is 0 Å². The molecule has 3 aliphatic rings. The lowest BCUT2D eigenvalue weighted by Gasteiger charge is -2.47. The largest absolute Gasteiger partial charge is 0.375 e. The van der Waals surface area contributed by atoms with Crippen LogP contribution in [0.25, 0.3) is 0 Å². The maximum absolute atomic E-state index is 13.1. The lowest BCUT2D eigenvalue weighted by molar-refractivity contribution is -0.138. The predicted octanol–water partition coefficient (Wildman–Crippen LogP) is 1.11. The summed E-state index contributed by atoms with van der Waals surface area (Å²) in [5, 5.41) is 0. The second-order valence-corrected chi connectivity index (χ2v) is 8.90. The molecule has 1 unspecified atom stereocenters. The summed E-state index contributed by atoms with van der Waals surface area (Å²) in [6, 6.07) is 0.519. The van der Waals surface area contributed by atoms with Crippen molar-refractivity contribution in [2.45, 2.75) is 57.2 Å². The van der Waals surface area contributed by atoms with Crippen LogP contribution < -0.4 is 0 Å². The number of likely N-dealkylation sites (N-methyl/N-ethyl adjacent to an activating group) is 1. The van der Waals surface area contributed by atoms with Gasteiger partial charge in [-0.1, -0.05) is 0 Å². The van der Waals surface area contributed by atoms with Gasteiger partial charge in [-0.25, -0.2) is 0 Å². The van der Waals surface area contributed by atoms with Gasteiger partial charge in [0.2, 0.25) is 5.91 Å². The molecule has 3 fully saturated rings. The molecule has 3 rings (SSSR count). The number of morpholine rings is 1. The van der Waals surface area contributed by atoms with Gasteiger partial charge in [0.05, 0.1) is 19.1 Å². The monoisotopic (exact) mass is 366 g/mol. The van der Waals surface area contributed by atoms with Crippen LogP contribution in [0.1, 0.15) is 39.5 Å². The van der Waals surface area contributed by atoms with Crippen molar-refractivity contribution in [1.82, 2.24) is 19.6 Å². The Hall–Kier alpha value is -0.690. The second-order valence-electron chi connectivity index (χ2n) is 8.90. The molecule has 1 spiro atoms. The Morgan fingerprint density at radius 2 is 1.85 bits per heavy atom. The Balaban J connectivity index is 1.61. The van der Waals surface area contributed by atoms with Gasteiger partial charge in [-0.05, 0) is 60.3 Å². The number of carbonyl (C=O) groups excluding carboxylic acids is 1. The molecule has 6 nitrogen and oxygen atoms in total. The van der Waals surface area contributed by atoms with E-state index in [4.69, 9.17) is 4.74 Å². The molecular formula is C20H38N4O2. The zero-order valence-electron chi connectivity index (χ0n) is 17.2. The summed E-state index contributed by atoms with van der Waals surface area (Å²) in [5.74, 6) is 0.286. The van der Waals surface area contributed by atoms with Gasteiger partial charge >= 0.3 is 0 Å². The quantitative estimate of drug-likeness (QED) is 0.748. The topological polar surface area (TPSA) is 39.3 Å². The minimum absolute atomic E-state index is 0.0491. The Bertz CT molecular complexity index is 476.